The standard InChI is InChI=1S/C17H22N2OS/c1-5-13(3)16-15(11-20)21-17(18-16)19(4)10-14-8-6-12(2)7-9-14/h6-9,11,13H,5,10H2,1-4H3. The van der Waals surface area contributed by atoms with Crippen molar-refractivity contribution < 1.29 is 4.79 Å². The van der Waals surface area contributed by atoms with Gasteiger partial charge in [-0.1, -0.05) is 55.0 Å². The molecule has 0 spiro atoms. The molecule has 0 aliphatic carbocycles. The van der Waals surface area contributed by atoms with Gasteiger partial charge in [0.05, 0.1) is 10.6 Å². The van der Waals surface area contributed by atoms with Gasteiger partial charge in [-0.25, -0.2) is 4.98 Å². The quantitative estimate of drug-likeness (QED) is 0.741. The number of aldehydes is 1. The molecule has 0 aliphatic heterocycles. The number of aryl methyl sites for hydroxylation is 1. The Hall–Kier alpha value is -1.68. The number of benzene rings is 1. The molecule has 0 aliphatic rings. The SMILES string of the molecule is CCC(C)c1nc(N(C)Cc2ccc(C)cc2)sc1C=O. The van der Waals surface area contributed by atoms with E-state index in [2.05, 4.69) is 54.9 Å². The first-order valence-electron chi connectivity index (χ1n) is 7.27. The predicted molar refractivity (Wildman–Crippen MR) is 89.5 cm³/mol. The number of thiazole rings is 1. The Bertz CT molecular complexity index is 604. The molecular weight excluding hydrogens is 280 g/mol. The van der Waals surface area contributed by atoms with Crippen LogP contribution in [0.1, 0.15) is 52.7 Å². The van der Waals surface area contributed by atoms with Crippen LogP contribution in [0, 0.1) is 6.92 Å². The van der Waals surface area contributed by atoms with Crippen molar-refractivity contribution in [1.29, 1.82) is 0 Å². The van der Waals surface area contributed by atoms with Gasteiger partial charge in [-0.3, -0.25) is 4.79 Å². The van der Waals surface area contributed by atoms with Crippen LogP contribution in [0.4, 0.5) is 5.13 Å². The van der Waals surface area contributed by atoms with Crippen molar-refractivity contribution in [3.63, 3.8) is 0 Å². The summed E-state index contributed by atoms with van der Waals surface area (Å²) >= 11 is 1.48. The highest BCUT2D eigenvalue weighted by molar-refractivity contribution is 7.17. The minimum absolute atomic E-state index is 0.322. The van der Waals surface area contributed by atoms with Crippen LogP contribution in [-0.2, 0) is 6.54 Å². The first-order valence-corrected chi connectivity index (χ1v) is 8.09. The van der Waals surface area contributed by atoms with Crippen LogP contribution in [0.5, 0.6) is 0 Å². The molecule has 21 heavy (non-hydrogen) atoms. The third kappa shape index (κ3) is 3.70. The van der Waals surface area contributed by atoms with Gasteiger partial charge in [0.2, 0.25) is 0 Å². The molecule has 4 heteroatoms. The van der Waals surface area contributed by atoms with Gasteiger partial charge in [0, 0.05) is 13.6 Å². The monoisotopic (exact) mass is 302 g/mol. The number of anilines is 1. The Morgan fingerprint density at radius 3 is 2.57 bits per heavy atom. The number of carbonyl (C=O) groups excluding carboxylic acids is 1. The lowest BCUT2D eigenvalue weighted by Crippen LogP contribution is -2.16. The second-order valence-corrected chi connectivity index (χ2v) is 6.52. The van der Waals surface area contributed by atoms with Crippen molar-refractivity contribution in [3.05, 3.63) is 46.0 Å². The first kappa shape index (κ1) is 15.7. The van der Waals surface area contributed by atoms with E-state index in [9.17, 15) is 4.79 Å². The molecule has 1 atom stereocenters. The summed E-state index contributed by atoms with van der Waals surface area (Å²) < 4.78 is 0. The lowest BCUT2D eigenvalue weighted by molar-refractivity contribution is 0.112. The molecule has 0 amide bonds. The fourth-order valence-corrected chi connectivity index (χ4v) is 3.12. The molecule has 1 heterocycles. The molecule has 0 radical (unpaired) electrons. The van der Waals surface area contributed by atoms with Gasteiger partial charge in [-0.05, 0) is 24.8 Å². The molecule has 0 saturated heterocycles. The molecule has 0 fully saturated rings. The molecule has 3 nitrogen and oxygen atoms in total. The van der Waals surface area contributed by atoms with Gasteiger partial charge in [0.1, 0.15) is 0 Å². The fourth-order valence-electron chi connectivity index (χ4n) is 2.16. The predicted octanol–water partition coefficient (Wildman–Crippen LogP) is 4.41. The van der Waals surface area contributed by atoms with Gasteiger partial charge in [0.25, 0.3) is 0 Å². The van der Waals surface area contributed by atoms with Gasteiger partial charge in [-0.2, -0.15) is 0 Å². The molecule has 0 bridgehead atoms. The van der Waals surface area contributed by atoms with Crippen molar-refractivity contribution in [2.45, 2.75) is 39.7 Å². The van der Waals surface area contributed by atoms with E-state index in [0.29, 0.717) is 5.92 Å². The summed E-state index contributed by atoms with van der Waals surface area (Å²) in [5.41, 5.74) is 3.44. The summed E-state index contributed by atoms with van der Waals surface area (Å²) in [6.45, 7) is 7.12. The number of nitrogens with zero attached hydrogens (tertiary/aromatic N) is 2. The highest BCUT2D eigenvalue weighted by Crippen LogP contribution is 2.31. The molecule has 2 rings (SSSR count). The number of rotatable bonds is 6. The summed E-state index contributed by atoms with van der Waals surface area (Å²) in [6.07, 6.45) is 1.92. The van der Waals surface area contributed by atoms with Crippen molar-refractivity contribution in [3.8, 4) is 0 Å². The summed E-state index contributed by atoms with van der Waals surface area (Å²) in [4.78, 5) is 18.8. The van der Waals surface area contributed by atoms with Crippen LogP contribution < -0.4 is 4.90 Å². The molecule has 1 aromatic carbocycles. The Morgan fingerprint density at radius 1 is 1.33 bits per heavy atom. The molecule has 1 unspecified atom stereocenters. The van der Waals surface area contributed by atoms with E-state index in [1.165, 1.54) is 22.5 Å². The Balaban J connectivity index is 2.19. The zero-order valence-corrected chi connectivity index (χ0v) is 13.9. The minimum Gasteiger partial charge on any atom is -0.347 e. The highest BCUT2D eigenvalue weighted by atomic mass is 32.1. The fraction of sp³-hybridized carbons (Fsp3) is 0.412. The van der Waals surface area contributed by atoms with Crippen LogP contribution >= 0.6 is 11.3 Å². The van der Waals surface area contributed by atoms with E-state index in [-0.39, 0.29) is 0 Å². The Labute approximate surface area is 130 Å². The first-order chi connectivity index (χ1) is 10.0. The summed E-state index contributed by atoms with van der Waals surface area (Å²) in [5.74, 6) is 0.322. The van der Waals surface area contributed by atoms with Crippen molar-refractivity contribution in [2.75, 3.05) is 11.9 Å². The lowest BCUT2D eigenvalue weighted by atomic mass is 10.0. The van der Waals surface area contributed by atoms with E-state index in [1.807, 2.05) is 7.05 Å². The maximum atomic E-state index is 11.2. The van der Waals surface area contributed by atoms with Crippen LogP contribution in [0.25, 0.3) is 0 Å². The Morgan fingerprint density at radius 2 is 2.00 bits per heavy atom. The third-order valence-electron chi connectivity index (χ3n) is 3.72. The molecule has 2 aromatic rings. The van der Waals surface area contributed by atoms with Gasteiger partial charge in [0.15, 0.2) is 11.4 Å². The van der Waals surface area contributed by atoms with E-state index < -0.39 is 0 Å². The Kier molecular flexibility index (Phi) is 5.12. The number of hydrogen-bond acceptors (Lipinski definition) is 4. The zero-order valence-electron chi connectivity index (χ0n) is 13.1. The van der Waals surface area contributed by atoms with Crippen molar-refractivity contribution >= 4 is 22.8 Å². The summed E-state index contributed by atoms with van der Waals surface area (Å²) in [7, 11) is 2.02. The van der Waals surface area contributed by atoms with Crippen molar-refractivity contribution in [2.24, 2.45) is 0 Å². The lowest BCUT2D eigenvalue weighted by Gasteiger charge is -2.16. The number of hydrogen-bond donors (Lipinski definition) is 0. The average Bonchev–Trinajstić information content (AvgIpc) is 2.93. The van der Waals surface area contributed by atoms with Crippen LogP contribution in [0.2, 0.25) is 0 Å². The van der Waals surface area contributed by atoms with Crippen LogP contribution in [0.3, 0.4) is 0 Å². The maximum Gasteiger partial charge on any atom is 0.186 e. The highest BCUT2D eigenvalue weighted by Gasteiger charge is 2.17. The zero-order chi connectivity index (χ0) is 15.4. The second-order valence-electron chi connectivity index (χ2n) is 5.51. The minimum atomic E-state index is 0.322. The largest absolute Gasteiger partial charge is 0.347 e. The van der Waals surface area contributed by atoms with E-state index in [4.69, 9.17) is 0 Å². The van der Waals surface area contributed by atoms with Crippen molar-refractivity contribution in [1.82, 2.24) is 4.98 Å². The third-order valence-corrected chi connectivity index (χ3v) is 4.83. The topological polar surface area (TPSA) is 33.2 Å². The molecule has 0 saturated carbocycles. The molecule has 0 N–H and O–H groups in total. The molecule has 1 aromatic heterocycles. The van der Waals surface area contributed by atoms with E-state index >= 15 is 0 Å². The normalized spacial score (nSPS) is 12.2. The van der Waals surface area contributed by atoms with Gasteiger partial charge in [-0.15, -0.1) is 0 Å². The number of carbonyl (C=O) groups is 1. The molecular formula is C17H22N2OS. The maximum absolute atomic E-state index is 11.2. The van der Waals surface area contributed by atoms with Gasteiger partial charge < -0.3 is 4.90 Å². The summed E-state index contributed by atoms with van der Waals surface area (Å²) in [5, 5.41) is 0.910. The summed E-state index contributed by atoms with van der Waals surface area (Å²) in [6, 6.07) is 8.50. The van der Waals surface area contributed by atoms with Crippen LogP contribution in [0.15, 0.2) is 24.3 Å². The van der Waals surface area contributed by atoms with Gasteiger partial charge >= 0.3 is 0 Å². The van der Waals surface area contributed by atoms with E-state index in [1.54, 1.807) is 0 Å². The van der Waals surface area contributed by atoms with Crippen LogP contribution in [-0.4, -0.2) is 18.3 Å². The second kappa shape index (κ2) is 6.85. The molecule has 112 valence electrons. The van der Waals surface area contributed by atoms with E-state index in [0.717, 1.165) is 35.0 Å². The number of aromatic nitrogens is 1. The average molecular weight is 302 g/mol. The smallest absolute Gasteiger partial charge is 0.186 e.